The van der Waals surface area contributed by atoms with Crippen molar-refractivity contribution < 1.29 is 4.79 Å². The predicted molar refractivity (Wildman–Crippen MR) is 48.5 cm³/mol. The van der Waals surface area contributed by atoms with E-state index in [9.17, 15) is 4.79 Å². The van der Waals surface area contributed by atoms with E-state index in [-0.39, 0.29) is 0 Å². The normalized spacial score (nSPS) is 12.5. The van der Waals surface area contributed by atoms with Crippen molar-refractivity contribution >= 4 is 6.29 Å². The van der Waals surface area contributed by atoms with Crippen LogP contribution in [0.2, 0.25) is 0 Å². The molecule has 0 heterocycles. The molecule has 0 aromatic heterocycles. The molecule has 0 aliphatic heterocycles. The average molecular weight is 154 g/mol. The first-order chi connectivity index (χ1) is 5.35. The minimum atomic E-state index is 0.546. The van der Waals surface area contributed by atoms with Gasteiger partial charge in [0.05, 0.1) is 0 Å². The molecular weight excluding hydrogens is 136 g/mol. The van der Waals surface area contributed by atoms with E-state index < -0.39 is 0 Å². The third-order valence-electron chi connectivity index (χ3n) is 1.90. The Balaban J connectivity index is 3.49. The molecule has 0 amide bonds. The second kappa shape index (κ2) is 7.52. The zero-order valence-corrected chi connectivity index (χ0v) is 7.38. The largest absolute Gasteiger partial charge is 0.303 e. The van der Waals surface area contributed by atoms with E-state index in [0.717, 1.165) is 12.7 Å². The number of allylic oxidation sites excluding steroid dienone is 1. The third kappa shape index (κ3) is 5.84. The van der Waals surface area contributed by atoms with Gasteiger partial charge in [0.25, 0.3) is 0 Å². The summed E-state index contributed by atoms with van der Waals surface area (Å²) < 4.78 is 0. The summed E-state index contributed by atoms with van der Waals surface area (Å²) in [6.07, 6.45) is 8.22. The first kappa shape index (κ1) is 10.4. The van der Waals surface area contributed by atoms with Crippen molar-refractivity contribution in [3.05, 3.63) is 12.7 Å². The molecule has 0 radical (unpaired) electrons. The number of carbonyl (C=O) groups is 1. The summed E-state index contributed by atoms with van der Waals surface area (Å²) in [6, 6.07) is 0. The molecule has 1 nitrogen and oxygen atoms in total. The van der Waals surface area contributed by atoms with E-state index in [2.05, 4.69) is 13.5 Å². The van der Waals surface area contributed by atoms with Gasteiger partial charge in [0.2, 0.25) is 0 Å². The zero-order valence-electron chi connectivity index (χ0n) is 7.38. The Morgan fingerprint density at radius 3 is 2.64 bits per heavy atom. The van der Waals surface area contributed by atoms with Gasteiger partial charge in [0.15, 0.2) is 0 Å². The van der Waals surface area contributed by atoms with Gasteiger partial charge in [-0.25, -0.2) is 0 Å². The number of hydrogen-bond acceptors (Lipinski definition) is 1. The van der Waals surface area contributed by atoms with Crippen molar-refractivity contribution in [2.24, 2.45) is 5.92 Å². The smallest absolute Gasteiger partial charge is 0.120 e. The fraction of sp³-hybridized carbons (Fsp3) is 0.700. The first-order valence-electron chi connectivity index (χ1n) is 4.39. The van der Waals surface area contributed by atoms with Crippen molar-refractivity contribution in [3.63, 3.8) is 0 Å². The Bertz CT molecular complexity index is 97.4. The fourth-order valence-corrected chi connectivity index (χ4v) is 1.20. The lowest BCUT2D eigenvalue weighted by Gasteiger charge is -2.09. The Kier molecular flexibility index (Phi) is 7.11. The number of aldehydes is 1. The highest BCUT2D eigenvalue weighted by Crippen LogP contribution is 2.15. The Morgan fingerprint density at radius 1 is 1.45 bits per heavy atom. The van der Waals surface area contributed by atoms with Crippen molar-refractivity contribution in [3.8, 4) is 0 Å². The summed E-state index contributed by atoms with van der Waals surface area (Å²) in [6.45, 7) is 5.85. The maximum absolute atomic E-state index is 10.2. The number of carbonyl (C=O) groups excluding carboxylic acids is 1. The van der Waals surface area contributed by atoms with Crippen LogP contribution in [0.3, 0.4) is 0 Å². The minimum Gasteiger partial charge on any atom is -0.303 e. The quantitative estimate of drug-likeness (QED) is 0.407. The molecular formula is C10H18O. The standard InChI is InChI=1S/C10H18O/c1-3-5-7-10(6-4-2)8-9-11/h4,9-10H,2-3,5-8H2,1H3. The molecule has 0 aliphatic rings. The molecule has 0 aromatic carbocycles. The highest BCUT2D eigenvalue weighted by molar-refractivity contribution is 5.49. The number of hydrogen-bond donors (Lipinski definition) is 0. The van der Waals surface area contributed by atoms with Crippen LogP contribution in [0.5, 0.6) is 0 Å². The molecule has 64 valence electrons. The SMILES string of the molecule is C=CCC(CC=O)CCCC. The van der Waals surface area contributed by atoms with E-state index in [1.807, 2.05) is 6.08 Å². The summed E-state index contributed by atoms with van der Waals surface area (Å²) in [5.41, 5.74) is 0. The maximum Gasteiger partial charge on any atom is 0.120 e. The molecule has 0 saturated carbocycles. The van der Waals surface area contributed by atoms with Crippen LogP contribution in [0.1, 0.15) is 39.0 Å². The molecule has 1 atom stereocenters. The van der Waals surface area contributed by atoms with Crippen LogP contribution in [0, 0.1) is 5.92 Å². The van der Waals surface area contributed by atoms with Crippen LogP contribution in [0.15, 0.2) is 12.7 Å². The average Bonchev–Trinajstić information content (AvgIpc) is 2.01. The lowest BCUT2D eigenvalue weighted by atomic mass is 9.96. The lowest BCUT2D eigenvalue weighted by Crippen LogP contribution is -1.99. The molecule has 0 bridgehead atoms. The van der Waals surface area contributed by atoms with Crippen molar-refractivity contribution in [2.75, 3.05) is 0 Å². The second-order valence-corrected chi connectivity index (χ2v) is 2.94. The van der Waals surface area contributed by atoms with E-state index in [1.54, 1.807) is 0 Å². The van der Waals surface area contributed by atoms with Gasteiger partial charge in [-0.15, -0.1) is 6.58 Å². The molecule has 0 aliphatic carbocycles. The second-order valence-electron chi connectivity index (χ2n) is 2.94. The van der Waals surface area contributed by atoms with Crippen LogP contribution < -0.4 is 0 Å². The van der Waals surface area contributed by atoms with Gasteiger partial charge >= 0.3 is 0 Å². The number of rotatable bonds is 7. The Hall–Kier alpha value is -0.590. The van der Waals surface area contributed by atoms with E-state index in [4.69, 9.17) is 0 Å². The van der Waals surface area contributed by atoms with Gasteiger partial charge in [0, 0.05) is 6.42 Å². The maximum atomic E-state index is 10.2. The van der Waals surface area contributed by atoms with Gasteiger partial charge < -0.3 is 4.79 Å². The van der Waals surface area contributed by atoms with Crippen LogP contribution >= 0.6 is 0 Å². The summed E-state index contributed by atoms with van der Waals surface area (Å²) in [4.78, 5) is 10.2. The lowest BCUT2D eigenvalue weighted by molar-refractivity contribution is -0.108. The van der Waals surface area contributed by atoms with E-state index >= 15 is 0 Å². The molecule has 1 unspecified atom stereocenters. The topological polar surface area (TPSA) is 17.1 Å². The van der Waals surface area contributed by atoms with Gasteiger partial charge in [-0.3, -0.25) is 0 Å². The van der Waals surface area contributed by atoms with Gasteiger partial charge in [-0.2, -0.15) is 0 Å². The predicted octanol–water partition coefficient (Wildman–Crippen LogP) is 2.96. The minimum absolute atomic E-state index is 0.546. The van der Waals surface area contributed by atoms with Crippen molar-refractivity contribution in [1.82, 2.24) is 0 Å². The molecule has 0 spiro atoms. The van der Waals surface area contributed by atoms with Crippen molar-refractivity contribution in [2.45, 2.75) is 39.0 Å². The molecule has 1 heteroatoms. The van der Waals surface area contributed by atoms with E-state index in [1.165, 1.54) is 19.3 Å². The fourth-order valence-electron chi connectivity index (χ4n) is 1.20. The van der Waals surface area contributed by atoms with Gasteiger partial charge in [-0.1, -0.05) is 25.8 Å². The van der Waals surface area contributed by atoms with Gasteiger partial charge in [0.1, 0.15) is 6.29 Å². The molecule has 11 heavy (non-hydrogen) atoms. The van der Waals surface area contributed by atoms with Gasteiger partial charge in [-0.05, 0) is 18.8 Å². The molecule has 0 saturated heterocycles. The summed E-state index contributed by atoms with van der Waals surface area (Å²) >= 11 is 0. The first-order valence-corrected chi connectivity index (χ1v) is 4.39. The van der Waals surface area contributed by atoms with Crippen LogP contribution in [-0.2, 0) is 4.79 Å². The van der Waals surface area contributed by atoms with Crippen LogP contribution in [0.4, 0.5) is 0 Å². The monoisotopic (exact) mass is 154 g/mol. The highest BCUT2D eigenvalue weighted by Gasteiger charge is 2.04. The third-order valence-corrected chi connectivity index (χ3v) is 1.90. The molecule has 0 fully saturated rings. The summed E-state index contributed by atoms with van der Waals surface area (Å²) in [5.74, 6) is 0.546. The molecule has 0 aromatic rings. The van der Waals surface area contributed by atoms with E-state index in [0.29, 0.717) is 12.3 Å². The molecule has 0 rings (SSSR count). The Morgan fingerprint density at radius 2 is 2.18 bits per heavy atom. The van der Waals surface area contributed by atoms with Crippen LogP contribution in [0.25, 0.3) is 0 Å². The summed E-state index contributed by atoms with van der Waals surface area (Å²) in [5, 5.41) is 0. The summed E-state index contributed by atoms with van der Waals surface area (Å²) in [7, 11) is 0. The van der Waals surface area contributed by atoms with Crippen LogP contribution in [-0.4, -0.2) is 6.29 Å². The van der Waals surface area contributed by atoms with Crippen molar-refractivity contribution in [1.29, 1.82) is 0 Å². The molecule has 0 N–H and O–H groups in total. The Labute approximate surface area is 69.5 Å². The number of unbranched alkanes of at least 4 members (excludes halogenated alkanes) is 1. The highest BCUT2D eigenvalue weighted by atomic mass is 16.1. The zero-order chi connectivity index (χ0) is 8.53.